The van der Waals surface area contributed by atoms with Gasteiger partial charge >= 0.3 is 0 Å². The van der Waals surface area contributed by atoms with Crippen LogP contribution in [-0.2, 0) is 17.8 Å². The number of hydrogen-bond acceptors (Lipinski definition) is 5. The Bertz CT molecular complexity index is 961. The Morgan fingerprint density at radius 2 is 1.69 bits per heavy atom. The SMILES string of the molecule is Cc1ccc(CC(=O)N2CCN(Cc3nnc(-c4ccc(Cl)cc4)o3)CC2)cc1. The Kier molecular flexibility index (Phi) is 5.92. The summed E-state index contributed by atoms with van der Waals surface area (Å²) in [4.78, 5) is 16.7. The minimum Gasteiger partial charge on any atom is -0.419 e. The predicted molar refractivity (Wildman–Crippen MR) is 111 cm³/mol. The molecule has 3 aromatic rings. The molecular formula is C22H23ClN4O2. The number of benzene rings is 2. The van der Waals surface area contributed by atoms with Crippen LogP contribution in [0.1, 0.15) is 17.0 Å². The van der Waals surface area contributed by atoms with Crippen LogP contribution in [0.5, 0.6) is 0 Å². The molecule has 2 heterocycles. The number of rotatable bonds is 5. The fourth-order valence-electron chi connectivity index (χ4n) is 3.37. The van der Waals surface area contributed by atoms with Crippen LogP contribution in [0.4, 0.5) is 0 Å². The molecule has 150 valence electrons. The first-order valence-electron chi connectivity index (χ1n) is 9.71. The average Bonchev–Trinajstić information content (AvgIpc) is 3.19. The van der Waals surface area contributed by atoms with E-state index < -0.39 is 0 Å². The zero-order valence-corrected chi connectivity index (χ0v) is 17.1. The number of aryl methyl sites for hydroxylation is 1. The lowest BCUT2D eigenvalue weighted by molar-refractivity contribution is -0.132. The Morgan fingerprint density at radius 1 is 1.00 bits per heavy atom. The maximum Gasteiger partial charge on any atom is 0.247 e. The van der Waals surface area contributed by atoms with Crippen molar-refractivity contribution < 1.29 is 9.21 Å². The third-order valence-corrected chi connectivity index (χ3v) is 5.37. The molecule has 6 nitrogen and oxygen atoms in total. The van der Waals surface area contributed by atoms with Crippen molar-refractivity contribution in [2.75, 3.05) is 26.2 Å². The number of amides is 1. The summed E-state index contributed by atoms with van der Waals surface area (Å²) in [6.07, 6.45) is 0.453. The predicted octanol–water partition coefficient (Wildman–Crippen LogP) is 3.59. The van der Waals surface area contributed by atoms with Crippen molar-refractivity contribution in [3.63, 3.8) is 0 Å². The van der Waals surface area contributed by atoms with E-state index in [2.05, 4.69) is 15.1 Å². The standard InChI is InChI=1S/C22H23ClN4O2/c1-16-2-4-17(5-3-16)14-21(28)27-12-10-26(11-13-27)15-20-24-25-22(29-20)18-6-8-19(23)9-7-18/h2-9H,10-15H2,1H3. The van der Waals surface area contributed by atoms with Crippen LogP contribution in [0.3, 0.4) is 0 Å². The van der Waals surface area contributed by atoms with E-state index in [-0.39, 0.29) is 5.91 Å². The lowest BCUT2D eigenvalue weighted by Crippen LogP contribution is -2.48. The van der Waals surface area contributed by atoms with E-state index >= 15 is 0 Å². The van der Waals surface area contributed by atoms with Gasteiger partial charge < -0.3 is 9.32 Å². The largest absolute Gasteiger partial charge is 0.419 e. The van der Waals surface area contributed by atoms with E-state index in [0.29, 0.717) is 42.9 Å². The average molecular weight is 411 g/mol. The molecule has 0 aliphatic carbocycles. The molecule has 0 unspecified atom stereocenters. The van der Waals surface area contributed by atoms with Gasteiger partial charge in [0.1, 0.15) is 0 Å². The summed E-state index contributed by atoms with van der Waals surface area (Å²) < 4.78 is 5.79. The summed E-state index contributed by atoms with van der Waals surface area (Å²) in [5.41, 5.74) is 3.11. The van der Waals surface area contributed by atoms with Crippen LogP contribution in [0.2, 0.25) is 5.02 Å². The number of halogens is 1. The van der Waals surface area contributed by atoms with Crippen molar-refractivity contribution in [3.05, 3.63) is 70.6 Å². The van der Waals surface area contributed by atoms with Crippen molar-refractivity contribution in [1.29, 1.82) is 0 Å². The van der Waals surface area contributed by atoms with Gasteiger partial charge in [0.2, 0.25) is 17.7 Å². The lowest BCUT2D eigenvalue weighted by Gasteiger charge is -2.34. The zero-order chi connectivity index (χ0) is 20.2. The van der Waals surface area contributed by atoms with Gasteiger partial charge in [-0.3, -0.25) is 9.69 Å². The fraction of sp³-hybridized carbons (Fsp3) is 0.318. The van der Waals surface area contributed by atoms with Crippen molar-refractivity contribution >= 4 is 17.5 Å². The van der Waals surface area contributed by atoms with Gasteiger partial charge in [0.05, 0.1) is 13.0 Å². The lowest BCUT2D eigenvalue weighted by atomic mass is 10.1. The van der Waals surface area contributed by atoms with Crippen molar-refractivity contribution in [3.8, 4) is 11.5 Å². The Hall–Kier alpha value is -2.70. The highest BCUT2D eigenvalue weighted by Gasteiger charge is 2.22. The summed E-state index contributed by atoms with van der Waals surface area (Å²) in [6, 6.07) is 15.5. The van der Waals surface area contributed by atoms with E-state index in [4.69, 9.17) is 16.0 Å². The summed E-state index contributed by atoms with van der Waals surface area (Å²) in [6.45, 7) is 5.63. The van der Waals surface area contributed by atoms with Crippen LogP contribution in [0.25, 0.3) is 11.5 Å². The maximum absolute atomic E-state index is 12.6. The molecule has 0 atom stereocenters. The maximum atomic E-state index is 12.6. The van der Waals surface area contributed by atoms with Gasteiger partial charge in [0.25, 0.3) is 0 Å². The molecule has 29 heavy (non-hydrogen) atoms. The van der Waals surface area contributed by atoms with Gasteiger partial charge in [-0.05, 0) is 36.8 Å². The molecule has 1 saturated heterocycles. The number of piperazine rings is 1. The minimum absolute atomic E-state index is 0.177. The monoisotopic (exact) mass is 410 g/mol. The van der Waals surface area contributed by atoms with Crippen molar-refractivity contribution in [2.24, 2.45) is 0 Å². The van der Waals surface area contributed by atoms with Gasteiger partial charge in [-0.2, -0.15) is 0 Å². The highest BCUT2D eigenvalue weighted by atomic mass is 35.5. The van der Waals surface area contributed by atoms with Gasteiger partial charge in [0.15, 0.2) is 0 Å². The number of carbonyl (C=O) groups is 1. The van der Waals surface area contributed by atoms with Crippen LogP contribution in [0.15, 0.2) is 52.9 Å². The third kappa shape index (κ3) is 5.02. The molecule has 1 aromatic heterocycles. The first-order chi connectivity index (χ1) is 14.1. The molecule has 0 saturated carbocycles. The number of carbonyl (C=O) groups excluding carboxylic acids is 1. The summed E-state index contributed by atoms with van der Waals surface area (Å²) in [5, 5.41) is 8.95. The van der Waals surface area contributed by atoms with E-state index in [1.54, 1.807) is 12.1 Å². The first-order valence-corrected chi connectivity index (χ1v) is 10.1. The number of hydrogen-bond donors (Lipinski definition) is 0. The normalized spacial score (nSPS) is 14.9. The van der Waals surface area contributed by atoms with Crippen LogP contribution in [-0.4, -0.2) is 52.1 Å². The number of aromatic nitrogens is 2. The third-order valence-electron chi connectivity index (χ3n) is 5.12. The quantitative estimate of drug-likeness (QED) is 0.643. The molecule has 0 radical (unpaired) electrons. The van der Waals surface area contributed by atoms with Crippen LogP contribution < -0.4 is 0 Å². The van der Waals surface area contributed by atoms with Gasteiger partial charge in [-0.15, -0.1) is 10.2 Å². The second kappa shape index (κ2) is 8.76. The molecule has 1 aliphatic heterocycles. The Morgan fingerprint density at radius 3 is 2.38 bits per heavy atom. The highest BCUT2D eigenvalue weighted by Crippen LogP contribution is 2.21. The Balaban J connectivity index is 1.28. The summed E-state index contributed by atoms with van der Waals surface area (Å²) in [5.74, 6) is 1.24. The molecule has 1 fully saturated rings. The molecule has 0 N–H and O–H groups in total. The highest BCUT2D eigenvalue weighted by molar-refractivity contribution is 6.30. The molecule has 2 aromatic carbocycles. The summed E-state index contributed by atoms with van der Waals surface area (Å²) >= 11 is 5.92. The molecule has 4 rings (SSSR count). The van der Waals surface area contributed by atoms with Crippen molar-refractivity contribution in [2.45, 2.75) is 19.9 Å². The van der Waals surface area contributed by atoms with Gasteiger partial charge in [0, 0.05) is 36.8 Å². The second-order valence-corrected chi connectivity index (χ2v) is 7.76. The molecular weight excluding hydrogens is 388 g/mol. The molecule has 0 bridgehead atoms. The summed E-state index contributed by atoms with van der Waals surface area (Å²) in [7, 11) is 0. The fourth-order valence-corrected chi connectivity index (χ4v) is 3.49. The smallest absolute Gasteiger partial charge is 0.247 e. The van der Waals surface area contributed by atoms with Crippen molar-refractivity contribution in [1.82, 2.24) is 20.0 Å². The zero-order valence-electron chi connectivity index (χ0n) is 16.3. The van der Waals surface area contributed by atoms with E-state index in [0.717, 1.165) is 24.2 Å². The topological polar surface area (TPSA) is 62.5 Å². The van der Waals surface area contributed by atoms with E-state index in [9.17, 15) is 4.79 Å². The molecule has 1 aliphatic rings. The minimum atomic E-state index is 0.177. The van der Waals surface area contributed by atoms with Gasteiger partial charge in [-0.25, -0.2) is 0 Å². The van der Waals surface area contributed by atoms with Gasteiger partial charge in [-0.1, -0.05) is 41.4 Å². The first kappa shape index (κ1) is 19.6. The van der Waals surface area contributed by atoms with E-state index in [1.807, 2.05) is 48.2 Å². The van der Waals surface area contributed by atoms with Crippen LogP contribution in [0, 0.1) is 6.92 Å². The van der Waals surface area contributed by atoms with E-state index in [1.165, 1.54) is 5.56 Å². The number of nitrogens with zero attached hydrogens (tertiary/aromatic N) is 4. The second-order valence-electron chi connectivity index (χ2n) is 7.33. The molecule has 1 amide bonds. The molecule has 7 heteroatoms. The molecule has 0 spiro atoms. The van der Waals surface area contributed by atoms with Crippen LogP contribution >= 0.6 is 11.6 Å². The Labute approximate surface area is 175 Å².